The summed E-state index contributed by atoms with van der Waals surface area (Å²) < 4.78 is 1.72. The normalized spacial score (nSPS) is 10.6. The molecule has 0 aliphatic rings. The van der Waals surface area contributed by atoms with Crippen molar-refractivity contribution in [3.05, 3.63) is 29.7 Å². The molecule has 2 aromatic heterocycles. The van der Waals surface area contributed by atoms with Crippen molar-refractivity contribution in [3.63, 3.8) is 0 Å². The molecule has 0 bridgehead atoms. The van der Waals surface area contributed by atoms with Gasteiger partial charge < -0.3 is 16.0 Å². The Kier molecular flexibility index (Phi) is 2.12. The van der Waals surface area contributed by atoms with Crippen LogP contribution in [0.15, 0.2) is 18.5 Å². The standard InChI is InChI=1S/C10H10N4O2/c1-14-4-6(9(11)15)5-2-7(10(12)16)13-3-8(5)14/h2-4H,1H3,(H2,11,15)(H2,12,16). The predicted molar refractivity (Wildman–Crippen MR) is 57.7 cm³/mol. The van der Waals surface area contributed by atoms with Gasteiger partial charge in [0.1, 0.15) is 5.69 Å². The van der Waals surface area contributed by atoms with Crippen molar-refractivity contribution < 1.29 is 9.59 Å². The zero-order valence-corrected chi connectivity index (χ0v) is 8.60. The molecule has 82 valence electrons. The topological polar surface area (TPSA) is 104 Å². The van der Waals surface area contributed by atoms with Crippen LogP contribution in [0, 0.1) is 0 Å². The molecule has 2 amide bonds. The molecule has 6 heteroatoms. The second-order valence-corrected chi connectivity index (χ2v) is 3.47. The van der Waals surface area contributed by atoms with E-state index in [0.29, 0.717) is 10.9 Å². The summed E-state index contributed by atoms with van der Waals surface area (Å²) in [5, 5.41) is 0.582. The van der Waals surface area contributed by atoms with Gasteiger partial charge in [0.25, 0.3) is 11.8 Å². The van der Waals surface area contributed by atoms with E-state index < -0.39 is 11.8 Å². The fourth-order valence-electron chi connectivity index (χ4n) is 1.61. The lowest BCUT2D eigenvalue weighted by atomic mass is 10.2. The summed E-state index contributed by atoms with van der Waals surface area (Å²) in [5.74, 6) is -1.19. The highest BCUT2D eigenvalue weighted by molar-refractivity contribution is 6.07. The van der Waals surface area contributed by atoms with Gasteiger partial charge in [-0.05, 0) is 6.07 Å². The van der Waals surface area contributed by atoms with Crippen LogP contribution in [0.25, 0.3) is 10.9 Å². The molecular weight excluding hydrogens is 208 g/mol. The van der Waals surface area contributed by atoms with E-state index >= 15 is 0 Å². The van der Waals surface area contributed by atoms with Gasteiger partial charge in [0.05, 0.1) is 17.3 Å². The van der Waals surface area contributed by atoms with E-state index in [2.05, 4.69) is 4.98 Å². The lowest BCUT2D eigenvalue weighted by Gasteiger charge is -1.97. The second kappa shape index (κ2) is 3.34. The van der Waals surface area contributed by atoms with Crippen molar-refractivity contribution in [1.29, 1.82) is 0 Å². The van der Waals surface area contributed by atoms with Crippen LogP contribution in [0.1, 0.15) is 20.8 Å². The summed E-state index contributed by atoms with van der Waals surface area (Å²) in [7, 11) is 1.76. The number of nitrogens with two attached hydrogens (primary N) is 2. The van der Waals surface area contributed by atoms with Gasteiger partial charge >= 0.3 is 0 Å². The highest BCUT2D eigenvalue weighted by Crippen LogP contribution is 2.20. The number of aryl methyl sites for hydroxylation is 1. The van der Waals surface area contributed by atoms with Gasteiger partial charge in [-0.25, -0.2) is 4.98 Å². The largest absolute Gasteiger partial charge is 0.366 e. The number of amides is 2. The zero-order valence-electron chi connectivity index (χ0n) is 8.60. The predicted octanol–water partition coefficient (Wildman–Crippen LogP) is -0.229. The van der Waals surface area contributed by atoms with Crippen LogP contribution in [-0.2, 0) is 7.05 Å². The zero-order chi connectivity index (χ0) is 11.9. The van der Waals surface area contributed by atoms with Gasteiger partial charge in [-0.15, -0.1) is 0 Å². The van der Waals surface area contributed by atoms with Gasteiger partial charge in [-0.2, -0.15) is 0 Å². The van der Waals surface area contributed by atoms with Crippen molar-refractivity contribution in [1.82, 2.24) is 9.55 Å². The van der Waals surface area contributed by atoms with Crippen LogP contribution >= 0.6 is 0 Å². The molecule has 0 aliphatic heterocycles. The third-order valence-electron chi connectivity index (χ3n) is 2.39. The Morgan fingerprint density at radius 3 is 2.56 bits per heavy atom. The Labute approximate surface area is 90.8 Å². The molecular formula is C10H10N4O2. The SMILES string of the molecule is Cn1cc(C(N)=O)c2cc(C(N)=O)ncc21. The Morgan fingerprint density at radius 2 is 2.00 bits per heavy atom. The van der Waals surface area contributed by atoms with E-state index in [4.69, 9.17) is 11.5 Å². The van der Waals surface area contributed by atoms with E-state index in [-0.39, 0.29) is 5.69 Å². The summed E-state index contributed by atoms with van der Waals surface area (Å²) in [6.45, 7) is 0. The number of nitrogens with zero attached hydrogens (tertiary/aromatic N) is 2. The van der Waals surface area contributed by atoms with Crippen molar-refractivity contribution in [2.45, 2.75) is 0 Å². The highest BCUT2D eigenvalue weighted by Gasteiger charge is 2.13. The van der Waals surface area contributed by atoms with Crippen LogP contribution in [0.5, 0.6) is 0 Å². The molecule has 2 aromatic rings. The number of carbonyl (C=O) groups excluding carboxylic acids is 2. The summed E-state index contributed by atoms with van der Waals surface area (Å²) in [6, 6.07) is 1.47. The Morgan fingerprint density at radius 1 is 1.31 bits per heavy atom. The number of rotatable bonds is 2. The number of hydrogen-bond donors (Lipinski definition) is 2. The molecule has 0 unspecified atom stereocenters. The van der Waals surface area contributed by atoms with E-state index in [0.717, 1.165) is 5.52 Å². The molecule has 2 heterocycles. The maximum absolute atomic E-state index is 11.2. The third kappa shape index (κ3) is 1.40. The molecule has 16 heavy (non-hydrogen) atoms. The molecule has 0 saturated heterocycles. The number of primary amides is 2. The summed E-state index contributed by atoms with van der Waals surface area (Å²) in [6.07, 6.45) is 3.08. The molecule has 6 nitrogen and oxygen atoms in total. The minimum Gasteiger partial charge on any atom is -0.366 e. The first kappa shape index (κ1) is 10.2. The molecule has 0 aromatic carbocycles. The van der Waals surface area contributed by atoms with Crippen LogP contribution < -0.4 is 11.5 Å². The van der Waals surface area contributed by atoms with Crippen LogP contribution in [0.4, 0.5) is 0 Å². The molecule has 0 atom stereocenters. The first-order chi connectivity index (χ1) is 7.50. The monoisotopic (exact) mass is 218 g/mol. The average molecular weight is 218 g/mol. The summed E-state index contributed by atoms with van der Waals surface area (Å²) in [4.78, 5) is 26.0. The summed E-state index contributed by atoms with van der Waals surface area (Å²) in [5.41, 5.74) is 11.5. The molecule has 0 aliphatic carbocycles. The first-order valence-corrected chi connectivity index (χ1v) is 4.55. The molecule has 0 fully saturated rings. The number of pyridine rings is 1. The lowest BCUT2D eigenvalue weighted by Crippen LogP contribution is -2.13. The molecule has 0 saturated carbocycles. The smallest absolute Gasteiger partial charge is 0.267 e. The molecule has 4 N–H and O–H groups in total. The fraction of sp³-hybridized carbons (Fsp3) is 0.100. The number of aromatic nitrogens is 2. The fourth-order valence-corrected chi connectivity index (χ4v) is 1.61. The lowest BCUT2D eigenvalue weighted by molar-refractivity contribution is 0.0988. The summed E-state index contributed by atoms with van der Waals surface area (Å²) >= 11 is 0. The van der Waals surface area contributed by atoms with Gasteiger partial charge in [0, 0.05) is 18.6 Å². The van der Waals surface area contributed by atoms with E-state index in [1.54, 1.807) is 17.8 Å². The third-order valence-corrected chi connectivity index (χ3v) is 2.39. The Bertz CT molecular complexity index is 600. The van der Waals surface area contributed by atoms with Gasteiger partial charge in [-0.1, -0.05) is 0 Å². The molecule has 2 rings (SSSR count). The molecule has 0 radical (unpaired) electrons. The molecule has 0 spiro atoms. The van der Waals surface area contributed by atoms with Crippen LogP contribution in [0.3, 0.4) is 0 Å². The first-order valence-electron chi connectivity index (χ1n) is 4.55. The minimum atomic E-state index is -0.638. The van der Waals surface area contributed by atoms with Crippen molar-refractivity contribution >= 4 is 22.7 Å². The van der Waals surface area contributed by atoms with Crippen LogP contribution in [-0.4, -0.2) is 21.4 Å². The number of fused-ring (bicyclic) bond motifs is 1. The maximum atomic E-state index is 11.2. The number of hydrogen-bond acceptors (Lipinski definition) is 3. The van der Waals surface area contributed by atoms with Crippen LogP contribution in [0.2, 0.25) is 0 Å². The second-order valence-electron chi connectivity index (χ2n) is 3.47. The van der Waals surface area contributed by atoms with Gasteiger partial charge in [0.15, 0.2) is 0 Å². The van der Waals surface area contributed by atoms with Crippen molar-refractivity contribution in [2.75, 3.05) is 0 Å². The van der Waals surface area contributed by atoms with E-state index in [1.165, 1.54) is 12.3 Å². The average Bonchev–Trinajstić information content (AvgIpc) is 2.56. The van der Waals surface area contributed by atoms with Gasteiger partial charge in [-0.3, -0.25) is 9.59 Å². The van der Waals surface area contributed by atoms with E-state index in [9.17, 15) is 9.59 Å². The Balaban J connectivity index is 2.79. The van der Waals surface area contributed by atoms with Gasteiger partial charge in [0.2, 0.25) is 0 Å². The van der Waals surface area contributed by atoms with Crippen molar-refractivity contribution in [3.8, 4) is 0 Å². The van der Waals surface area contributed by atoms with E-state index in [1.807, 2.05) is 0 Å². The number of carbonyl (C=O) groups is 2. The highest BCUT2D eigenvalue weighted by atomic mass is 16.1. The minimum absolute atomic E-state index is 0.112. The van der Waals surface area contributed by atoms with Crippen molar-refractivity contribution in [2.24, 2.45) is 18.5 Å². The quantitative estimate of drug-likeness (QED) is 0.727. The maximum Gasteiger partial charge on any atom is 0.267 e. The Hall–Kier alpha value is -2.37.